The molecule has 1 rings (SSSR count). The van der Waals surface area contributed by atoms with Crippen LogP contribution in [0.1, 0.15) is 12.8 Å². The van der Waals surface area contributed by atoms with Crippen LogP contribution in [-0.2, 0) is 0 Å². The van der Waals surface area contributed by atoms with Gasteiger partial charge in [-0.05, 0) is 30.9 Å². The molecule has 4 nitrogen and oxygen atoms in total. The maximum Gasteiger partial charge on any atom is 0.304 e. The van der Waals surface area contributed by atoms with Gasteiger partial charge in [-0.1, -0.05) is 0 Å². The second kappa shape index (κ2) is 7.11. The van der Waals surface area contributed by atoms with E-state index in [4.69, 9.17) is 0 Å². The number of nitro benzene ring substituents is 1. The lowest BCUT2D eigenvalue weighted by Gasteiger charge is -2.05. The molecule has 1 aromatic rings. The van der Waals surface area contributed by atoms with E-state index in [9.17, 15) is 14.5 Å². The Morgan fingerprint density at radius 2 is 2.24 bits per heavy atom. The van der Waals surface area contributed by atoms with Crippen LogP contribution in [0.5, 0.6) is 0 Å². The monoisotopic (exact) mass is 258 g/mol. The number of unbranched alkanes of at least 4 members (excludes halogenated alkanes) is 1. The first-order valence-electron chi connectivity index (χ1n) is 5.32. The lowest BCUT2D eigenvalue weighted by atomic mass is 10.2. The summed E-state index contributed by atoms with van der Waals surface area (Å²) < 4.78 is 13.2. The van der Waals surface area contributed by atoms with Crippen molar-refractivity contribution in [3.63, 3.8) is 0 Å². The van der Waals surface area contributed by atoms with Crippen LogP contribution in [0.3, 0.4) is 0 Å². The van der Waals surface area contributed by atoms with Crippen LogP contribution in [0, 0.1) is 15.9 Å². The van der Waals surface area contributed by atoms with E-state index >= 15 is 0 Å². The van der Waals surface area contributed by atoms with E-state index in [1.807, 2.05) is 0 Å². The molecular formula is C11H15FN2O2S. The third kappa shape index (κ3) is 4.60. The van der Waals surface area contributed by atoms with Crippen molar-refractivity contribution in [2.24, 2.45) is 0 Å². The summed E-state index contributed by atoms with van der Waals surface area (Å²) in [7, 11) is 0. The quantitative estimate of drug-likeness (QED) is 0.463. The zero-order chi connectivity index (χ0) is 12.7. The molecule has 0 spiro atoms. The Morgan fingerprint density at radius 3 is 2.82 bits per heavy atom. The summed E-state index contributed by atoms with van der Waals surface area (Å²) >= 11 is 1.79. The number of nitro groups is 1. The van der Waals surface area contributed by atoms with E-state index in [0.717, 1.165) is 31.2 Å². The largest absolute Gasteiger partial charge is 0.385 e. The molecule has 0 radical (unpaired) electrons. The average Bonchev–Trinajstić information content (AvgIpc) is 2.28. The lowest BCUT2D eigenvalue weighted by molar-refractivity contribution is -0.387. The van der Waals surface area contributed by atoms with Crippen LogP contribution >= 0.6 is 11.8 Å². The van der Waals surface area contributed by atoms with E-state index < -0.39 is 16.4 Å². The third-order valence-corrected chi connectivity index (χ3v) is 2.95. The van der Waals surface area contributed by atoms with Crippen LogP contribution in [0.4, 0.5) is 15.8 Å². The maximum absolute atomic E-state index is 13.2. The highest BCUT2D eigenvalue weighted by molar-refractivity contribution is 7.98. The minimum atomic E-state index is -0.802. The number of nitrogens with one attached hydrogen (secondary N) is 1. The van der Waals surface area contributed by atoms with Gasteiger partial charge in [0.2, 0.25) is 5.82 Å². The number of nitrogens with zero attached hydrogens (tertiary/aromatic N) is 1. The van der Waals surface area contributed by atoms with E-state index in [1.54, 1.807) is 11.8 Å². The van der Waals surface area contributed by atoms with E-state index in [0.29, 0.717) is 5.69 Å². The van der Waals surface area contributed by atoms with Gasteiger partial charge >= 0.3 is 5.69 Å². The van der Waals surface area contributed by atoms with Crippen LogP contribution < -0.4 is 5.32 Å². The number of hydrogen-bond acceptors (Lipinski definition) is 4. The minimum Gasteiger partial charge on any atom is -0.385 e. The Labute approximate surface area is 104 Å². The Kier molecular flexibility index (Phi) is 5.76. The number of hydrogen-bond donors (Lipinski definition) is 1. The van der Waals surface area contributed by atoms with Crippen molar-refractivity contribution in [1.82, 2.24) is 0 Å². The smallest absolute Gasteiger partial charge is 0.304 e. The Bertz CT molecular complexity index is 388. The maximum atomic E-state index is 13.2. The summed E-state index contributed by atoms with van der Waals surface area (Å²) in [5.74, 6) is 0.306. The molecule has 0 amide bonds. The van der Waals surface area contributed by atoms with Gasteiger partial charge in [0.05, 0.1) is 4.92 Å². The summed E-state index contributed by atoms with van der Waals surface area (Å²) in [4.78, 5) is 9.68. The molecule has 0 fully saturated rings. The van der Waals surface area contributed by atoms with Gasteiger partial charge < -0.3 is 5.32 Å². The molecule has 0 heterocycles. The molecule has 0 aliphatic heterocycles. The van der Waals surface area contributed by atoms with Crippen LogP contribution in [0.2, 0.25) is 0 Å². The van der Waals surface area contributed by atoms with Crippen molar-refractivity contribution in [3.8, 4) is 0 Å². The standard InChI is InChI=1S/C11H15FN2O2S/c1-17-7-3-2-6-13-9-4-5-11(14(15)16)10(12)8-9/h4-5,8,13H,2-3,6-7H2,1H3. The number of anilines is 1. The second-order valence-corrected chi connectivity index (χ2v) is 4.54. The van der Waals surface area contributed by atoms with Gasteiger partial charge in [0.25, 0.3) is 0 Å². The molecule has 0 atom stereocenters. The first-order chi connectivity index (χ1) is 8.15. The Hall–Kier alpha value is -1.30. The normalized spacial score (nSPS) is 10.2. The van der Waals surface area contributed by atoms with Crippen molar-refractivity contribution < 1.29 is 9.31 Å². The summed E-state index contributed by atoms with van der Waals surface area (Å²) in [6.45, 7) is 0.748. The molecule has 1 N–H and O–H groups in total. The number of thioether (sulfide) groups is 1. The van der Waals surface area contributed by atoms with E-state index in [1.165, 1.54) is 12.1 Å². The predicted octanol–water partition coefficient (Wildman–Crippen LogP) is 3.29. The molecule has 0 aliphatic carbocycles. The molecule has 0 bridgehead atoms. The van der Waals surface area contributed by atoms with Crippen LogP contribution in [0.25, 0.3) is 0 Å². The van der Waals surface area contributed by atoms with Crippen molar-refractivity contribution in [1.29, 1.82) is 0 Å². The fourth-order valence-corrected chi connectivity index (χ4v) is 1.86. The van der Waals surface area contributed by atoms with Gasteiger partial charge in [-0.2, -0.15) is 16.2 Å². The molecule has 0 saturated carbocycles. The topological polar surface area (TPSA) is 55.2 Å². The zero-order valence-corrected chi connectivity index (χ0v) is 10.4. The van der Waals surface area contributed by atoms with Crippen molar-refractivity contribution in [2.75, 3.05) is 23.9 Å². The van der Waals surface area contributed by atoms with Crippen molar-refractivity contribution in [2.45, 2.75) is 12.8 Å². The van der Waals surface area contributed by atoms with Gasteiger partial charge in [-0.3, -0.25) is 10.1 Å². The molecule has 94 valence electrons. The molecule has 6 heteroatoms. The summed E-state index contributed by atoms with van der Waals surface area (Å²) in [6, 6.07) is 3.86. The van der Waals surface area contributed by atoms with Gasteiger partial charge in [-0.25, -0.2) is 0 Å². The Morgan fingerprint density at radius 1 is 1.47 bits per heavy atom. The Balaban J connectivity index is 2.45. The van der Waals surface area contributed by atoms with Gasteiger partial charge in [0, 0.05) is 24.4 Å². The lowest BCUT2D eigenvalue weighted by Crippen LogP contribution is -2.03. The average molecular weight is 258 g/mol. The molecule has 0 aromatic heterocycles. The second-order valence-electron chi connectivity index (χ2n) is 3.55. The van der Waals surface area contributed by atoms with Crippen molar-refractivity contribution >= 4 is 23.1 Å². The molecule has 17 heavy (non-hydrogen) atoms. The summed E-state index contributed by atoms with van der Waals surface area (Å²) in [5.41, 5.74) is 0.0928. The highest BCUT2D eigenvalue weighted by atomic mass is 32.2. The number of rotatable bonds is 7. The fraction of sp³-hybridized carbons (Fsp3) is 0.455. The molecule has 0 saturated heterocycles. The fourth-order valence-electron chi connectivity index (χ4n) is 1.37. The van der Waals surface area contributed by atoms with E-state index in [2.05, 4.69) is 11.6 Å². The minimum absolute atomic E-state index is 0.488. The number of benzene rings is 1. The van der Waals surface area contributed by atoms with E-state index in [-0.39, 0.29) is 0 Å². The highest BCUT2D eigenvalue weighted by Gasteiger charge is 2.13. The molecular weight excluding hydrogens is 243 g/mol. The number of halogens is 1. The van der Waals surface area contributed by atoms with Crippen LogP contribution in [-0.4, -0.2) is 23.5 Å². The molecule has 1 aromatic carbocycles. The zero-order valence-electron chi connectivity index (χ0n) is 9.61. The summed E-state index contributed by atoms with van der Waals surface area (Å²) in [6.07, 6.45) is 4.15. The SMILES string of the molecule is CSCCCCNc1ccc([N+](=O)[O-])c(F)c1. The van der Waals surface area contributed by atoms with Crippen LogP contribution in [0.15, 0.2) is 18.2 Å². The van der Waals surface area contributed by atoms with Gasteiger partial charge in [0.1, 0.15) is 0 Å². The first kappa shape index (κ1) is 13.8. The predicted molar refractivity (Wildman–Crippen MR) is 69.2 cm³/mol. The van der Waals surface area contributed by atoms with Gasteiger partial charge in [-0.15, -0.1) is 0 Å². The summed E-state index contributed by atoms with van der Waals surface area (Å²) in [5, 5.41) is 13.4. The first-order valence-corrected chi connectivity index (χ1v) is 6.71. The molecule has 0 unspecified atom stereocenters. The highest BCUT2D eigenvalue weighted by Crippen LogP contribution is 2.20. The van der Waals surface area contributed by atoms with Crippen molar-refractivity contribution in [3.05, 3.63) is 34.1 Å². The third-order valence-electron chi connectivity index (χ3n) is 2.25. The molecule has 0 aliphatic rings. The van der Waals surface area contributed by atoms with Gasteiger partial charge in [0.15, 0.2) is 0 Å².